The summed E-state index contributed by atoms with van der Waals surface area (Å²) in [7, 11) is 3.08. The van der Waals surface area contributed by atoms with Crippen LogP contribution >= 0.6 is 11.6 Å². The zero-order valence-corrected chi connectivity index (χ0v) is 11.8. The van der Waals surface area contributed by atoms with Gasteiger partial charge in [0, 0.05) is 23.0 Å². The standard InChI is InChI=1S/C14H13ClN2O3/c1-19-12-4-3-10(8-13(12)20-2)17-14(18)11-7-9(15)5-6-16-11/h3-8H,1-2H3,(H,17,18). The van der Waals surface area contributed by atoms with Gasteiger partial charge >= 0.3 is 0 Å². The summed E-state index contributed by atoms with van der Waals surface area (Å²) in [5.74, 6) is 0.774. The van der Waals surface area contributed by atoms with Gasteiger partial charge in [0.25, 0.3) is 5.91 Å². The number of methoxy groups -OCH3 is 2. The van der Waals surface area contributed by atoms with Crippen molar-refractivity contribution in [1.29, 1.82) is 0 Å². The Morgan fingerprint density at radius 1 is 1.15 bits per heavy atom. The van der Waals surface area contributed by atoms with Crippen molar-refractivity contribution in [3.63, 3.8) is 0 Å². The van der Waals surface area contributed by atoms with Crippen molar-refractivity contribution in [2.24, 2.45) is 0 Å². The third kappa shape index (κ3) is 3.19. The first kappa shape index (κ1) is 14.1. The lowest BCUT2D eigenvalue weighted by atomic mass is 10.2. The molecule has 6 heteroatoms. The second-order valence-electron chi connectivity index (χ2n) is 3.88. The van der Waals surface area contributed by atoms with Crippen molar-refractivity contribution in [1.82, 2.24) is 4.98 Å². The van der Waals surface area contributed by atoms with E-state index in [1.165, 1.54) is 19.4 Å². The van der Waals surface area contributed by atoms with E-state index in [-0.39, 0.29) is 11.6 Å². The Kier molecular flexibility index (Phi) is 4.42. The second kappa shape index (κ2) is 6.25. The number of halogens is 1. The monoisotopic (exact) mass is 292 g/mol. The summed E-state index contributed by atoms with van der Waals surface area (Å²) >= 11 is 5.82. The summed E-state index contributed by atoms with van der Waals surface area (Å²) in [6.07, 6.45) is 1.48. The van der Waals surface area contributed by atoms with Crippen molar-refractivity contribution < 1.29 is 14.3 Å². The Bertz CT molecular complexity index is 632. The van der Waals surface area contributed by atoms with Crippen LogP contribution in [-0.4, -0.2) is 25.1 Å². The lowest BCUT2D eigenvalue weighted by Gasteiger charge is -2.10. The molecule has 104 valence electrons. The third-order valence-electron chi connectivity index (χ3n) is 2.60. The molecule has 5 nitrogen and oxygen atoms in total. The SMILES string of the molecule is COc1ccc(NC(=O)c2cc(Cl)ccn2)cc1OC. The quantitative estimate of drug-likeness (QED) is 0.941. The summed E-state index contributed by atoms with van der Waals surface area (Å²) in [5, 5.41) is 3.17. The average molecular weight is 293 g/mol. The van der Waals surface area contributed by atoms with Gasteiger partial charge in [0.1, 0.15) is 5.69 Å². The molecule has 0 aliphatic carbocycles. The smallest absolute Gasteiger partial charge is 0.274 e. The number of nitrogens with one attached hydrogen (secondary N) is 1. The number of amides is 1. The fraction of sp³-hybridized carbons (Fsp3) is 0.143. The number of ether oxygens (including phenoxy) is 2. The van der Waals surface area contributed by atoms with Crippen LogP contribution in [0, 0.1) is 0 Å². The van der Waals surface area contributed by atoms with Crippen molar-refractivity contribution in [2.75, 3.05) is 19.5 Å². The number of hydrogen-bond donors (Lipinski definition) is 1. The first-order valence-electron chi connectivity index (χ1n) is 5.79. The lowest BCUT2D eigenvalue weighted by Crippen LogP contribution is -2.13. The number of carbonyl (C=O) groups is 1. The van der Waals surface area contributed by atoms with Crippen molar-refractivity contribution in [2.45, 2.75) is 0 Å². The average Bonchev–Trinajstić information content (AvgIpc) is 2.47. The van der Waals surface area contributed by atoms with Crippen LogP contribution in [0.15, 0.2) is 36.5 Å². The molecule has 0 aliphatic rings. The molecule has 0 saturated heterocycles. The Morgan fingerprint density at radius 3 is 2.55 bits per heavy atom. The van der Waals surface area contributed by atoms with Crippen LogP contribution < -0.4 is 14.8 Å². The van der Waals surface area contributed by atoms with E-state index in [0.717, 1.165) is 0 Å². The van der Waals surface area contributed by atoms with Crippen LogP contribution in [-0.2, 0) is 0 Å². The lowest BCUT2D eigenvalue weighted by molar-refractivity contribution is 0.102. The minimum absolute atomic E-state index is 0.243. The molecule has 0 radical (unpaired) electrons. The fourth-order valence-electron chi connectivity index (χ4n) is 1.64. The van der Waals surface area contributed by atoms with Gasteiger partial charge in [-0.05, 0) is 24.3 Å². The number of carbonyl (C=O) groups excluding carboxylic acids is 1. The number of benzene rings is 1. The number of nitrogens with zero attached hydrogens (tertiary/aromatic N) is 1. The maximum atomic E-state index is 12.0. The molecule has 0 bridgehead atoms. The molecule has 0 fully saturated rings. The molecular weight excluding hydrogens is 280 g/mol. The summed E-state index contributed by atoms with van der Waals surface area (Å²) in [4.78, 5) is 16.0. The molecule has 0 saturated carbocycles. The number of anilines is 1. The van der Waals surface area contributed by atoms with Gasteiger partial charge in [-0.1, -0.05) is 11.6 Å². The maximum absolute atomic E-state index is 12.0. The van der Waals surface area contributed by atoms with E-state index in [2.05, 4.69) is 10.3 Å². The molecule has 1 heterocycles. The Balaban J connectivity index is 2.19. The normalized spacial score (nSPS) is 9.95. The highest BCUT2D eigenvalue weighted by molar-refractivity contribution is 6.30. The van der Waals surface area contributed by atoms with Gasteiger partial charge in [-0.25, -0.2) is 0 Å². The van der Waals surface area contributed by atoms with Crippen LogP contribution in [0.4, 0.5) is 5.69 Å². The fourth-order valence-corrected chi connectivity index (χ4v) is 1.80. The summed E-state index contributed by atoms with van der Waals surface area (Å²) in [5.41, 5.74) is 0.821. The number of hydrogen-bond acceptors (Lipinski definition) is 4. The number of rotatable bonds is 4. The van der Waals surface area contributed by atoms with Crippen LogP contribution in [0.1, 0.15) is 10.5 Å². The van der Waals surface area contributed by atoms with Crippen LogP contribution in [0.25, 0.3) is 0 Å². The maximum Gasteiger partial charge on any atom is 0.274 e. The molecule has 1 N–H and O–H groups in total. The minimum Gasteiger partial charge on any atom is -0.493 e. The molecular formula is C14H13ClN2O3. The van der Waals surface area contributed by atoms with E-state index in [1.54, 1.807) is 31.4 Å². The van der Waals surface area contributed by atoms with Gasteiger partial charge in [-0.3, -0.25) is 9.78 Å². The highest BCUT2D eigenvalue weighted by Crippen LogP contribution is 2.29. The highest BCUT2D eigenvalue weighted by atomic mass is 35.5. The Morgan fingerprint density at radius 2 is 1.90 bits per heavy atom. The van der Waals surface area contributed by atoms with E-state index < -0.39 is 0 Å². The molecule has 2 aromatic rings. The molecule has 1 aromatic heterocycles. The molecule has 20 heavy (non-hydrogen) atoms. The van der Waals surface area contributed by atoms with Crippen LogP contribution in [0.5, 0.6) is 11.5 Å². The van der Waals surface area contributed by atoms with E-state index in [4.69, 9.17) is 21.1 Å². The van der Waals surface area contributed by atoms with Gasteiger partial charge in [0.15, 0.2) is 11.5 Å². The van der Waals surface area contributed by atoms with E-state index in [9.17, 15) is 4.79 Å². The van der Waals surface area contributed by atoms with Crippen LogP contribution in [0.3, 0.4) is 0 Å². The largest absolute Gasteiger partial charge is 0.493 e. The summed E-state index contributed by atoms with van der Waals surface area (Å²) < 4.78 is 10.3. The molecule has 1 aromatic carbocycles. The Hall–Kier alpha value is -2.27. The van der Waals surface area contributed by atoms with Crippen molar-refractivity contribution in [3.8, 4) is 11.5 Å². The molecule has 0 atom stereocenters. The van der Waals surface area contributed by atoms with Gasteiger partial charge in [-0.2, -0.15) is 0 Å². The van der Waals surface area contributed by atoms with Gasteiger partial charge in [-0.15, -0.1) is 0 Å². The predicted molar refractivity (Wildman–Crippen MR) is 76.7 cm³/mol. The summed E-state index contributed by atoms with van der Waals surface area (Å²) in [6, 6.07) is 8.19. The molecule has 0 unspecified atom stereocenters. The van der Waals surface area contributed by atoms with E-state index >= 15 is 0 Å². The molecule has 2 rings (SSSR count). The highest BCUT2D eigenvalue weighted by Gasteiger charge is 2.10. The van der Waals surface area contributed by atoms with Crippen LogP contribution in [0.2, 0.25) is 5.02 Å². The molecule has 1 amide bonds. The van der Waals surface area contributed by atoms with Crippen molar-refractivity contribution in [3.05, 3.63) is 47.2 Å². The predicted octanol–water partition coefficient (Wildman–Crippen LogP) is 3.00. The number of aromatic nitrogens is 1. The zero-order chi connectivity index (χ0) is 14.5. The van der Waals surface area contributed by atoms with Gasteiger partial charge < -0.3 is 14.8 Å². The first-order valence-corrected chi connectivity index (χ1v) is 6.17. The molecule has 0 spiro atoms. The zero-order valence-electron chi connectivity index (χ0n) is 11.0. The van der Waals surface area contributed by atoms with Gasteiger partial charge in [0.2, 0.25) is 0 Å². The second-order valence-corrected chi connectivity index (χ2v) is 4.32. The first-order chi connectivity index (χ1) is 9.63. The third-order valence-corrected chi connectivity index (χ3v) is 2.83. The molecule has 0 aliphatic heterocycles. The summed E-state index contributed by atoms with van der Waals surface area (Å²) in [6.45, 7) is 0. The Labute approximate surface area is 121 Å². The van der Waals surface area contributed by atoms with Gasteiger partial charge in [0.05, 0.1) is 14.2 Å². The topological polar surface area (TPSA) is 60.5 Å². The van der Waals surface area contributed by atoms with E-state index in [1.807, 2.05) is 0 Å². The van der Waals surface area contributed by atoms with Crippen molar-refractivity contribution >= 4 is 23.2 Å². The number of pyridine rings is 1. The van der Waals surface area contributed by atoms with E-state index in [0.29, 0.717) is 22.2 Å². The minimum atomic E-state index is -0.347.